The Balaban J connectivity index is 2.94. The molecule has 0 atom stereocenters. The van der Waals surface area contributed by atoms with Crippen LogP contribution in [0.3, 0.4) is 0 Å². The monoisotopic (exact) mass is 138 g/mol. The minimum absolute atomic E-state index is 0.974. The van der Waals surface area contributed by atoms with Crippen molar-refractivity contribution in [1.29, 1.82) is 0 Å². The second-order valence-electron chi connectivity index (χ2n) is 1.73. The molecule has 0 saturated heterocycles. The summed E-state index contributed by atoms with van der Waals surface area (Å²) in [6.07, 6.45) is 5.61. The first-order chi connectivity index (χ1) is 4.33. The van der Waals surface area contributed by atoms with Gasteiger partial charge in [0.2, 0.25) is 0 Å². The number of pyridine rings is 1. The van der Waals surface area contributed by atoms with Crippen LogP contribution in [0, 0.1) is 6.92 Å². The highest BCUT2D eigenvalue weighted by Gasteiger charge is 1.87. The lowest BCUT2D eigenvalue weighted by Crippen LogP contribution is -1.76. The van der Waals surface area contributed by atoms with Gasteiger partial charge in [0.1, 0.15) is 0 Å². The minimum atomic E-state index is 0.974. The molecule has 0 bridgehead atoms. The standard InChI is InChI=1S/C7H8NS/c1-6-3-7(9-2)5-8-4-6/h3-5H,1H2,2H3. The number of rotatable bonds is 1. The molecule has 1 nitrogen and oxygen atoms in total. The van der Waals surface area contributed by atoms with Crippen LogP contribution in [-0.2, 0) is 0 Å². The zero-order valence-corrected chi connectivity index (χ0v) is 6.11. The van der Waals surface area contributed by atoms with Crippen molar-refractivity contribution < 1.29 is 0 Å². The first-order valence-electron chi connectivity index (χ1n) is 2.64. The smallest absolute Gasteiger partial charge is 0.0404 e. The van der Waals surface area contributed by atoms with Crippen LogP contribution in [0.1, 0.15) is 5.56 Å². The predicted octanol–water partition coefficient (Wildman–Crippen LogP) is 1.99. The Labute approximate surface area is 59.5 Å². The van der Waals surface area contributed by atoms with Crippen LogP contribution in [0.2, 0.25) is 0 Å². The fraction of sp³-hybridized carbons (Fsp3) is 0.143. The molecule has 0 aliphatic carbocycles. The number of hydrogen-bond donors (Lipinski definition) is 0. The van der Waals surface area contributed by atoms with Gasteiger partial charge in [-0.1, -0.05) is 0 Å². The van der Waals surface area contributed by atoms with Gasteiger partial charge in [-0.25, -0.2) is 0 Å². The zero-order chi connectivity index (χ0) is 6.69. The van der Waals surface area contributed by atoms with Crippen molar-refractivity contribution in [2.45, 2.75) is 4.90 Å². The van der Waals surface area contributed by atoms with E-state index in [4.69, 9.17) is 0 Å². The molecule has 0 unspecified atom stereocenters. The van der Waals surface area contributed by atoms with Crippen LogP contribution >= 0.6 is 11.8 Å². The molecule has 0 fully saturated rings. The van der Waals surface area contributed by atoms with Gasteiger partial charge < -0.3 is 0 Å². The van der Waals surface area contributed by atoms with E-state index in [-0.39, 0.29) is 0 Å². The average Bonchev–Trinajstić information content (AvgIpc) is 1.88. The number of thioether (sulfide) groups is 1. The summed E-state index contributed by atoms with van der Waals surface area (Å²) in [4.78, 5) is 5.14. The van der Waals surface area contributed by atoms with Gasteiger partial charge in [0.25, 0.3) is 0 Å². The second-order valence-corrected chi connectivity index (χ2v) is 2.61. The summed E-state index contributed by atoms with van der Waals surface area (Å²) in [5.41, 5.74) is 0.974. The van der Waals surface area contributed by atoms with E-state index in [1.165, 1.54) is 4.90 Å². The Hall–Kier alpha value is -0.500. The van der Waals surface area contributed by atoms with Gasteiger partial charge in [0.15, 0.2) is 0 Å². The molecule has 1 aromatic rings. The molecule has 0 N–H and O–H groups in total. The summed E-state index contributed by atoms with van der Waals surface area (Å²) in [6.45, 7) is 3.75. The Bertz CT molecular complexity index is 198. The van der Waals surface area contributed by atoms with Gasteiger partial charge in [-0.2, -0.15) is 0 Å². The summed E-state index contributed by atoms with van der Waals surface area (Å²) >= 11 is 1.68. The quantitative estimate of drug-likeness (QED) is 0.550. The van der Waals surface area contributed by atoms with Crippen molar-refractivity contribution in [3.05, 3.63) is 30.9 Å². The van der Waals surface area contributed by atoms with Crippen molar-refractivity contribution in [2.24, 2.45) is 0 Å². The third-order valence-electron chi connectivity index (χ3n) is 1.01. The Morgan fingerprint density at radius 1 is 1.56 bits per heavy atom. The molecule has 2 heteroatoms. The lowest BCUT2D eigenvalue weighted by Gasteiger charge is -1.93. The van der Waals surface area contributed by atoms with E-state index in [1.807, 2.05) is 18.5 Å². The molecule has 0 saturated carbocycles. The first kappa shape index (κ1) is 6.62. The van der Waals surface area contributed by atoms with Gasteiger partial charge >= 0.3 is 0 Å². The highest BCUT2D eigenvalue weighted by molar-refractivity contribution is 7.98. The minimum Gasteiger partial charge on any atom is -0.263 e. The molecule has 0 aliphatic heterocycles. The van der Waals surface area contributed by atoms with Crippen molar-refractivity contribution >= 4 is 11.8 Å². The van der Waals surface area contributed by atoms with Gasteiger partial charge in [-0.15, -0.1) is 11.8 Å². The predicted molar refractivity (Wildman–Crippen MR) is 40.5 cm³/mol. The third kappa shape index (κ3) is 1.72. The van der Waals surface area contributed by atoms with Crippen molar-refractivity contribution in [2.75, 3.05) is 6.26 Å². The SMILES string of the molecule is [CH2]c1cncc(SC)c1. The fourth-order valence-electron chi connectivity index (χ4n) is 0.575. The van der Waals surface area contributed by atoms with Gasteiger partial charge in [-0.3, -0.25) is 4.98 Å². The lowest BCUT2D eigenvalue weighted by atomic mass is 10.3. The molecule has 0 aromatic carbocycles. The van der Waals surface area contributed by atoms with Crippen LogP contribution in [0.15, 0.2) is 23.4 Å². The molecule has 0 spiro atoms. The third-order valence-corrected chi connectivity index (χ3v) is 1.70. The maximum absolute atomic E-state index is 3.97. The Morgan fingerprint density at radius 3 is 2.78 bits per heavy atom. The van der Waals surface area contributed by atoms with E-state index in [2.05, 4.69) is 11.9 Å². The maximum atomic E-state index is 3.97. The van der Waals surface area contributed by atoms with E-state index in [9.17, 15) is 0 Å². The van der Waals surface area contributed by atoms with Crippen LogP contribution in [0.25, 0.3) is 0 Å². The average molecular weight is 138 g/mol. The van der Waals surface area contributed by atoms with E-state index in [0.29, 0.717) is 0 Å². The van der Waals surface area contributed by atoms with Gasteiger partial charge in [0.05, 0.1) is 0 Å². The summed E-state index contributed by atoms with van der Waals surface area (Å²) in [5.74, 6) is 0. The van der Waals surface area contributed by atoms with E-state index in [0.717, 1.165) is 5.56 Å². The topological polar surface area (TPSA) is 12.9 Å². The van der Waals surface area contributed by atoms with Crippen LogP contribution in [0.4, 0.5) is 0 Å². The highest BCUT2D eigenvalue weighted by atomic mass is 32.2. The lowest BCUT2D eigenvalue weighted by molar-refractivity contribution is 1.22. The fourth-order valence-corrected chi connectivity index (χ4v) is 1.01. The van der Waals surface area contributed by atoms with E-state index >= 15 is 0 Å². The molecule has 1 rings (SSSR count). The molecule has 47 valence electrons. The molecular weight excluding hydrogens is 130 g/mol. The summed E-state index contributed by atoms with van der Waals surface area (Å²) < 4.78 is 0. The second kappa shape index (κ2) is 2.87. The molecule has 0 amide bonds. The van der Waals surface area contributed by atoms with Crippen LogP contribution in [0.5, 0.6) is 0 Å². The van der Waals surface area contributed by atoms with E-state index < -0.39 is 0 Å². The number of nitrogens with zero attached hydrogens (tertiary/aromatic N) is 1. The summed E-state index contributed by atoms with van der Waals surface area (Å²) in [5, 5.41) is 0. The van der Waals surface area contributed by atoms with E-state index in [1.54, 1.807) is 18.0 Å². The van der Waals surface area contributed by atoms with Crippen LogP contribution < -0.4 is 0 Å². The maximum Gasteiger partial charge on any atom is 0.0404 e. The van der Waals surface area contributed by atoms with Crippen molar-refractivity contribution in [1.82, 2.24) is 4.98 Å². The molecule has 1 heterocycles. The highest BCUT2D eigenvalue weighted by Crippen LogP contribution is 2.12. The normalized spacial score (nSPS) is 9.56. The molecular formula is C7H8NS. The first-order valence-corrected chi connectivity index (χ1v) is 3.86. The molecule has 1 aromatic heterocycles. The summed E-state index contributed by atoms with van der Waals surface area (Å²) in [7, 11) is 0. The zero-order valence-electron chi connectivity index (χ0n) is 5.29. The van der Waals surface area contributed by atoms with Crippen molar-refractivity contribution in [3.8, 4) is 0 Å². The molecule has 9 heavy (non-hydrogen) atoms. The van der Waals surface area contributed by atoms with Crippen LogP contribution in [-0.4, -0.2) is 11.2 Å². The Morgan fingerprint density at radius 2 is 2.33 bits per heavy atom. The Kier molecular flexibility index (Phi) is 2.11. The van der Waals surface area contributed by atoms with Crippen molar-refractivity contribution in [3.63, 3.8) is 0 Å². The van der Waals surface area contributed by atoms with Gasteiger partial charge in [-0.05, 0) is 24.8 Å². The number of hydrogen-bond acceptors (Lipinski definition) is 2. The largest absolute Gasteiger partial charge is 0.263 e. The number of aromatic nitrogens is 1. The molecule has 0 aliphatic rings. The van der Waals surface area contributed by atoms with Gasteiger partial charge in [0, 0.05) is 17.3 Å². The molecule has 1 radical (unpaired) electrons. The summed E-state index contributed by atoms with van der Waals surface area (Å²) in [6, 6.07) is 2.01.